The van der Waals surface area contributed by atoms with Gasteiger partial charge >= 0.3 is 5.97 Å². The number of aryl methyl sites for hydroxylation is 1. The van der Waals surface area contributed by atoms with Gasteiger partial charge in [-0.3, -0.25) is 24.1 Å². The molecule has 0 saturated carbocycles. The number of carbonyl (C=O) groups is 4. The van der Waals surface area contributed by atoms with Gasteiger partial charge in [0.25, 0.3) is 0 Å². The molecule has 0 aliphatic carbocycles. The number of esters is 1. The van der Waals surface area contributed by atoms with Crippen molar-refractivity contribution in [2.45, 2.75) is 32.6 Å². The van der Waals surface area contributed by atoms with Gasteiger partial charge in [0.05, 0.1) is 11.6 Å². The first-order valence-corrected chi connectivity index (χ1v) is 10.5. The molecular formula is C23H21ClN2O5. The van der Waals surface area contributed by atoms with Crippen LogP contribution < -0.4 is 14.5 Å². The van der Waals surface area contributed by atoms with Gasteiger partial charge < -0.3 is 9.64 Å². The van der Waals surface area contributed by atoms with Crippen LogP contribution in [0.2, 0.25) is 5.02 Å². The van der Waals surface area contributed by atoms with Gasteiger partial charge in [0.2, 0.25) is 17.7 Å². The molecule has 2 aliphatic heterocycles. The standard InChI is InChI=1S/C23H21ClN2O5/c1-14-11-18(9-10-19(14)26-20(27)3-2-4-21(26)28)31-23(30)15-12-22(29)25(13-15)17-7-5-16(24)6-8-17/h5-11,15H,2-4,12-13H2,1H3/t15-/m1/s1. The predicted molar refractivity (Wildman–Crippen MR) is 115 cm³/mol. The Bertz CT molecular complexity index is 1050. The van der Waals surface area contributed by atoms with Crippen LogP contribution in [-0.4, -0.2) is 30.2 Å². The van der Waals surface area contributed by atoms with E-state index in [-0.39, 0.29) is 30.7 Å². The molecule has 0 bridgehead atoms. The molecule has 7 nitrogen and oxygen atoms in total. The lowest BCUT2D eigenvalue weighted by molar-refractivity contribution is -0.139. The van der Waals surface area contributed by atoms with Gasteiger partial charge in [-0.15, -0.1) is 0 Å². The maximum atomic E-state index is 12.7. The number of piperidine rings is 1. The minimum Gasteiger partial charge on any atom is -0.426 e. The van der Waals surface area contributed by atoms with Gasteiger partial charge in [-0.25, -0.2) is 0 Å². The molecule has 31 heavy (non-hydrogen) atoms. The van der Waals surface area contributed by atoms with E-state index in [2.05, 4.69) is 0 Å². The molecule has 3 amide bonds. The number of hydrogen-bond donors (Lipinski definition) is 0. The van der Waals surface area contributed by atoms with E-state index in [1.54, 1.807) is 54.3 Å². The first kappa shape index (κ1) is 21.1. The van der Waals surface area contributed by atoms with Crippen molar-refractivity contribution in [2.24, 2.45) is 5.92 Å². The smallest absolute Gasteiger partial charge is 0.316 e. The number of amides is 3. The predicted octanol–water partition coefficient (Wildman–Crippen LogP) is 3.65. The fourth-order valence-corrected chi connectivity index (χ4v) is 4.03. The summed E-state index contributed by atoms with van der Waals surface area (Å²) in [5.41, 5.74) is 1.83. The van der Waals surface area contributed by atoms with Crippen molar-refractivity contribution in [3.8, 4) is 5.75 Å². The summed E-state index contributed by atoms with van der Waals surface area (Å²) in [6.07, 6.45) is 1.30. The molecule has 1 atom stereocenters. The highest BCUT2D eigenvalue weighted by Crippen LogP contribution is 2.31. The minimum atomic E-state index is -0.589. The van der Waals surface area contributed by atoms with Crippen molar-refractivity contribution in [3.63, 3.8) is 0 Å². The summed E-state index contributed by atoms with van der Waals surface area (Å²) >= 11 is 5.90. The summed E-state index contributed by atoms with van der Waals surface area (Å²) in [6, 6.07) is 11.6. The van der Waals surface area contributed by atoms with Crippen LogP contribution in [0.1, 0.15) is 31.2 Å². The van der Waals surface area contributed by atoms with Crippen molar-refractivity contribution < 1.29 is 23.9 Å². The fraction of sp³-hybridized carbons (Fsp3) is 0.304. The highest BCUT2D eigenvalue weighted by Gasteiger charge is 2.36. The second-order valence-corrected chi connectivity index (χ2v) is 8.16. The van der Waals surface area contributed by atoms with E-state index in [0.29, 0.717) is 47.0 Å². The zero-order chi connectivity index (χ0) is 22.1. The zero-order valence-corrected chi connectivity index (χ0v) is 17.7. The van der Waals surface area contributed by atoms with E-state index < -0.39 is 11.9 Å². The third-order valence-corrected chi connectivity index (χ3v) is 5.76. The molecule has 8 heteroatoms. The van der Waals surface area contributed by atoms with Gasteiger partial charge in [-0.1, -0.05) is 11.6 Å². The monoisotopic (exact) mass is 440 g/mol. The molecule has 0 radical (unpaired) electrons. The van der Waals surface area contributed by atoms with Crippen molar-refractivity contribution in [2.75, 3.05) is 16.3 Å². The molecule has 4 rings (SSSR count). The third kappa shape index (κ3) is 4.32. The maximum Gasteiger partial charge on any atom is 0.316 e. The summed E-state index contributed by atoms with van der Waals surface area (Å²) in [5.74, 6) is -1.39. The summed E-state index contributed by atoms with van der Waals surface area (Å²) < 4.78 is 5.50. The topological polar surface area (TPSA) is 84.0 Å². The first-order chi connectivity index (χ1) is 14.8. The number of carbonyl (C=O) groups excluding carboxylic acids is 4. The number of nitrogens with zero attached hydrogens (tertiary/aromatic N) is 2. The van der Waals surface area contributed by atoms with Crippen LogP contribution in [0.15, 0.2) is 42.5 Å². The first-order valence-electron chi connectivity index (χ1n) is 10.1. The quantitative estimate of drug-likeness (QED) is 0.411. The molecule has 0 aromatic heterocycles. The lowest BCUT2D eigenvalue weighted by atomic mass is 10.1. The molecule has 0 unspecified atom stereocenters. The third-order valence-electron chi connectivity index (χ3n) is 5.50. The van der Waals surface area contributed by atoms with Crippen molar-refractivity contribution in [1.82, 2.24) is 0 Å². The lowest BCUT2D eigenvalue weighted by Crippen LogP contribution is -2.40. The maximum absolute atomic E-state index is 12.7. The number of halogens is 1. The number of ether oxygens (including phenoxy) is 1. The minimum absolute atomic E-state index is 0.0648. The largest absolute Gasteiger partial charge is 0.426 e. The number of anilines is 2. The van der Waals surface area contributed by atoms with Gasteiger partial charge in [0.1, 0.15) is 5.75 Å². The average Bonchev–Trinajstić information content (AvgIpc) is 3.12. The SMILES string of the molecule is Cc1cc(OC(=O)[C@@H]2CC(=O)N(c3ccc(Cl)cc3)C2)ccc1N1C(=O)CCCC1=O. The normalized spacial score (nSPS) is 19.2. The Morgan fingerprint density at radius 2 is 1.68 bits per heavy atom. The van der Waals surface area contributed by atoms with E-state index in [1.165, 1.54) is 4.90 Å². The number of rotatable bonds is 4. The molecule has 2 fully saturated rings. The summed E-state index contributed by atoms with van der Waals surface area (Å²) in [4.78, 5) is 52.1. The van der Waals surface area contributed by atoms with Crippen LogP contribution in [0.4, 0.5) is 11.4 Å². The molecule has 2 aromatic rings. The second kappa shape index (κ2) is 8.51. The van der Waals surface area contributed by atoms with Gasteiger partial charge in [-0.05, 0) is 61.4 Å². The molecule has 2 aliphatic rings. The van der Waals surface area contributed by atoms with E-state index in [0.717, 1.165) is 0 Å². The van der Waals surface area contributed by atoms with Crippen molar-refractivity contribution in [3.05, 3.63) is 53.1 Å². The number of hydrogen-bond acceptors (Lipinski definition) is 5. The molecule has 0 spiro atoms. The highest BCUT2D eigenvalue weighted by molar-refractivity contribution is 6.30. The summed E-state index contributed by atoms with van der Waals surface area (Å²) in [5, 5.41) is 0.568. The number of benzene rings is 2. The molecule has 160 valence electrons. The molecule has 2 aromatic carbocycles. The van der Waals surface area contributed by atoms with Gasteiger partial charge in [0.15, 0.2) is 0 Å². The summed E-state index contributed by atoms with van der Waals surface area (Å²) in [7, 11) is 0. The van der Waals surface area contributed by atoms with E-state index >= 15 is 0 Å². The Kier molecular flexibility index (Phi) is 5.78. The molecule has 2 saturated heterocycles. The highest BCUT2D eigenvalue weighted by atomic mass is 35.5. The Labute approximate surface area is 184 Å². The fourth-order valence-electron chi connectivity index (χ4n) is 3.90. The van der Waals surface area contributed by atoms with Crippen LogP contribution in [0.5, 0.6) is 5.75 Å². The number of imide groups is 1. The Balaban J connectivity index is 1.45. The molecule has 2 heterocycles. The second-order valence-electron chi connectivity index (χ2n) is 7.73. The lowest BCUT2D eigenvalue weighted by Gasteiger charge is -2.26. The van der Waals surface area contributed by atoms with Gasteiger partial charge in [0, 0.05) is 36.5 Å². The molecular weight excluding hydrogens is 420 g/mol. The Morgan fingerprint density at radius 1 is 1.00 bits per heavy atom. The van der Waals surface area contributed by atoms with E-state index in [9.17, 15) is 19.2 Å². The average molecular weight is 441 g/mol. The zero-order valence-electron chi connectivity index (χ0n) is 17.0. The van der Waals surface area contributed by atoms with Crippen LogP contribution in [-0.2, 0) is 19.2 Å². The summed E-state index contributed by atoms with van der Waals surface area (Å²) in [6.45, 7) is 1.98. The van der Waals surface area contributed by atoms with Crippen LogP contribution in [0.3, 0.4) is 0 Å². The van der Waals surface area contributed by atoms with Crippen molar-refractivity contribution >= 4 is 46.7 Å². The van der Waals surface area contributed by atoms with E-state index in [4.69, 9.17) is 16.3 Å². The van der Waals surface area contributed by atoms with Gasteiger partial charge in [-0.2, -0.15) is 0 Å². The Morgan fingerprint density at radius 3 is 2.32 bits per heavy atom. The Hall–Kier alpha value is -3.19. The van der Waals surface area contributed by atoms with Crippen molar-refractivity contribution in [1.29, 1.82) is 0 Å². The van der Waals surface area contributed by atoms with Crippen LogP contribution in [0.25, 0.3) is 0 Å². The van der Waals surface area contributed by atoms with Crippen LogP contribution >= 0.6 is 11.6 Å². The van der Waals surface area contributed by atoms with Crippen LogP contribution in [0, 0.1) is 12.8 Å². The van der Waals surface area contributed by atoms with E-state index in [1.807, 2.05) is 0 Å². The molecule has 0 N–H and O–H groups in total.